The van der Waals surface area contributed by atoms with E-state index in [-0.39, 0.29) is 11.8 Å². The van der Waals surface area contributed by atoms with Gasteiger partial charge in [-0.15, -0.1) is 0 Å². The number of hydrogen-bond donors (Lipinski definition) is 0. The number of halogens is 1. The maximum Gasteiger partial charge on any atom is 0.253 e. The van der Waals surface area contributed by atoms with E-state index in [1.807, 2.05) is 59.2 Å². The Hall–Kier alpha value is -2.33. The molecule has 0 bridgehead atoms. The second-order valence-electron chi connectivity index (χ2n) is 6.31. The van der Waals surface area contributed by atoms with Crippen molar-refractivity contribution in [3.63, 3.8) is 0 Å². The van der Waals surface area contributed by atoms with Crippen molar-refractivity contribution in [1.82, 2.24) is 9.80 Å². The van der Waals surface area contributed by atoms with E-state index in [2.05, 4.69) is 0 Å². The molecule has 0 atom stereocenters. The minimum Gasteiger partial charge on any atom is -0.339 e. The van der Waals surface area contributed by atoms with E-state index in [0.29, 0.717) is 43.2 Å². The Balaban J connectivity index is 1.56. The molecule has 2 aromatic carbocycles. The van der Waals surface area contributed by atoms with Gasteiger partial charge in [-0.25, -0.2) is 0 Å². The van der Waals surface area contributed by atoms with Gasteiger partial charge in [0.1, 0.15) is 0 Å². The Kier molecular flexibility index (Phi) is 5.39. The Morgan fingerprint density at radius 3 is 2.16 bits per heavy atom. The van der Waals surface area contributed by atoms with Crippen molar-refractivity contribution >= 4 is 23.4 Å². The van der Waals surface area contributed by atoms with Gasteiger partial charge in [0.05, 0.1) is 6.42 Å². The maximum absolute atomic E-state index is 12.5. The van der Waals surface area contributed by atoms with E-state index in [9.17, 15) is 9.59 Å². The van der Waals surface area contributed by atoms with Crippen LogP contribution in [0.1, 0.15) is 21.5 Å². The van der Waals surface area contributed by atoms with Crippen LogP contribution in [-0.4, -0.2) is 47.8 Å². The van der Waals surface area contributed by atoms with Crippen LogP contribution >= 0.6 is 11.6 Å². The van der Waals surface area contributed by atoms with Gasteiger partial charge < -0.3 is 9.80 Å². The number of benzene rings is 2. The van der Waals surface area contributed by atoms with Crippen LogP contribution in [0.15, 0.2) is 48.5 Å². The van der Waals surface area contributed by atoms with E-state index < -0.39 is 0 Å². The third kappa shape index (κ3) is 4.20. The number of aryl methyl sites for hydroxylation is 1. The number of rotatable bonds is 3. The Morgan fingerprint density at radius 2 is 1.52 bits per heavy atom. The summed E-state index contributed by atoms with van der Waals surface area (Å²) in [5.41, 5.74) is 2.67. The summed E-state index contributed by atoms with van der Waals surface area (Å²) >= 11 is 6.13. The summed E-state index contributed by atoms with van der Waals surface area (Å²) in [5.74, 6) is 0.0775. The molecule has 0 aromatic heterocycles. The third-order valence-corrected chi connectivity index (χ3v) is 4.89. The summed E-state index contributed by atoms with van der Waals surface area (Å²) in [6, 6.07) is 15.0. The fraction of sp³-hybridized carbons (Fsp3) is 0.300. The van der Waals surface area contributed by atoms with Gasteiger partial charge in [-0.3, -0.25) is 9.59 Å². The highest BCUT2D eigenvalue weighted by Gasteiger charge is 2.25. The number of hydrogen-bond acceptors (Lipinski definition) is 2. The summed E-state index contributed by atoms with van der Waals surface area (Å²) in [6.45, 7) is 4.22. The van der Waals surface area contributed by atoms with E-state index >= 15 is 0 Å². The standard InChI is InChI=1S/C20H21ClN2O2/c1-15-6-8-16(9-7-15)20(25)23-12-10-22(11-13-23)19(24)14-17-4-2-3-5-18(17)21/h2-9H,10-14H2,1H3. The van der Waals surface area contributed by atoms with Crippen LogP contribution in [-0.2, 0) is 11.2 Å². The summed E-state index contributed by atoms with van der Waals surface area (Å²) < 4.78 is 0. The number of carbonyl (C=O) groups excluding carboxylic acids is 2. The Bertz CT molecular complexity index is 766. The quantitative estimate of drug-likeness (QED) is 0.847. The Morgan fingerprint density at radius 1 is 0.920 bits per heavy atom. The summed E-state index contributed by atoms with van der Waals surface area (Å²) in [5, 5.41) is 0.615. The smallest absolute Gasteiger partial charge is 0.253 e. The highest BCUT2D eigenvalue weighted by Crippen LogP contribution is 2.17. The number of amides is 2. The van der Waals surface area contributed by atoms with Gasteiger partial charge in [-0.2, -0.15) is 0 Å². The summed E-state index contributed by atoms with van der Waals surface area (Å²) in [6.07, 6.45) is 0.297. The molecule has 0 saturated carbocycles. The molecule has 3 rings (SSSR count). The van der Waals surface area contributed by atoms with Crippen molar-refractivity contribution in [1.29, 1.82) is 0 Å². The van der Waals surface area contributed by atoms with Gasteiger partial charge in [0, 0.05) is 36.8 Å². The molecule has 130 valence electrons. The average molecular weight is 357 g/mol. The zero-order valence-electron chi connectivity index (χ0n) is 14.2. The molecule has 0 unspecified atom stereocenters. The second-order valence-corrected chi connectivity index (χ2v) is 6.71. The molecule has 25 heavy (non-hydrogen) atoms. The van der Waals surface area contributed by atoms with Crippen LogP contribution < -0.4 is 0 Å². The van der Waals surface area contributed by atoms with Crippen molar-refractivity contribution in [2.24, 2.45) is 0 Å². The molecule has 5 heteroatoms. The molecular formula is C20H21ClN2O2. The topological polar surface area (TPSA) is 40.6 Å². The van der Waals surface area contributed by atoms with Gasteiger partial charge in [0.15, 0.2) is 0 Å². The second kappa shape index (κ2) is 7.70. The first-order chi connectivity index (χ1) is 12.0. The fourth-order valence-electron chi connectivity index (χ4n) is 2.95. The molecule has 4 nitrogen and oxygen atoms in total. The molecule has 0 spiro atoms. The van der Waals surface area contributed by atoms with Crippen LogP contribution in [0, 0.1) is 6.92 Å². The largest absolute Gasteiger partial charge is 0.339 e. The van der Waals surface area contributed by atoms with Gasteiger partial charge >= 0.3 is 0 Å². The number of piperazine rings is 1. The fourth-order valence-corrected chi connectivity index (χ4v) is 3.16. The minimum atomic E-state index is 0.0261. The van der Waals surface area contributed by atoms with E-state index in [4.69, 9.17) is 11.6 Å². The number of nitrogens with zero attached hydrogens (tertiary/aromatic N) is 2. The average Bonchev–Trinajstić information content (AvgIpc) is 2.64. The van der Waals surface area contributed by atoms with Crippen LogP contribution in [0.25, 0.3) is 0 Å². The van der Waals surface area contributed by atoms with Crippen LogP contribution in [0.3, 0.4) is 0 Å². The molecule has 2 amide bonds. The van der Waals surface area contributed by atoms with Crippen LogP contribution in [0.4, 0.5) is 0 Å². The van der Waals surface area contributed by atoms with Gasteiger partial charge in [0.25, 0.3) is 5.91 Å². The van der Waals surface area contributed by atoms with Crippen molar-refractivity contribution < 1.29 is 9.59 Å². The van der Waals surface area contributed by atoms with Crippen molar-refractivity contribution in [3.8, 4) is 0 Å². The summed E-state index contributed by atoms with van der Waals surface area (Å²) in [7, 11) is 0. The van der Waals surface area contributed by atoms with Crippen LogP contribution in [0.2, 0.25) is 5.02 Å². The predicted octanol–water partition coefficient (Wildman–Crippen LogP) is 3.18. The summed E-state index contributed by atoms with van der Waals surface area (Å²) in [4.78, 5) is 28.6. The first-order valence-electron chi connectivity index (χ1n) is 8.42. The minimum absolute atomic E-state index is 0.0261. The predicted molar refractivity (Wildman–Crippen MR) is 98.8 cm³/mol. The zero-order chi connectivity index (χ0) is 17.8. The van der Waals surface area contributed by atoms with Crippen molar-refractivity contribution in [3.05, 3.63) is 70.2 Å². The zero-order valence-corrected chi connectivity index (χ0v) is 15.0. The van der Waals surface area contributed by atoms with E-state index in [1.165, 1.54) is 0 Å². The molecule has 1 heterocycles. The van der Waals surface area contributed by atoms with Crippen LogP contribution in [0.5, 0.6) is 0 Å². The third-order valence-electron chi connectivity index (χ3n) is 4.52. The van der Waals surface area contributed by atoms with E-state index in [0.717, 1.165) is 11.1 Å². The molecule has 0 N–H and O–H groups in total. The molecule has 2 aromatic rings. The molecule has 0 radical (unpaired) electrons. The SMILES string of the molecule is Cc1ccc(C(=O)N2CCN(C(=O)Cc3ccccc3Cl)CC2)cc1. The molecule has 0 aliphatic carbocycles. The lowest BCUT2D eigenvalue weighted by atomic mass is 10.1. The first kappa shape index (κ1) is 17.5. The van der Waals surface area contributed by atoms with Gasteiger partial charge in [0.2, 0.25) is 5.91 Å². The normalized spacial score (nSPS) is 14.5. The molecular weight excluding hydrogens is 336 g/mol. The lowest BCUT2D eigenvalue weighted by Gasteiger charge is -2.35. The highest BCUT2D eigenvalue weighted by atomic mass is 35.5. The highest BCUT2D eigenvalue weighted by molar-refractivity contribution is 6.31. The lowest BCUT2D eigenvalue weighted by Crippen LogP contribution is -2.51. The van der Waals surface area contributed by atoms with Crippen molar-refractivity contribution in [2.45, 2.75) is 13.3 Å². The number of carbonyl (C=O) groups is 2. The molecule has 1 fully saturated rings. The van der Waals surface area contributed by atoms with Crippen molar-refractivity contribution in [2.75, 3.05) is 26.2 Å². The van der Waals surface area contributed by atoms with E-state index in [1.54, 1.807) is 6.07 Å². The Labute approximate surface area is 153 Å². The first-order valence-corrected chi connectivity index (χ1v) is 8.79. The molecule has 1 saturated heterocycles. The maximum atomic E-state index is 12.5. The monoisotopic (exact) mass is 356 g/mol. The molecule has 1 aliphatic heterocycles. The van der Waals surface area contributed by atoms with Gasteiger partial charge in [-0.1, -0.05) is 47.5 Å². The van der Waals surface area contributed by atoms with Gasteiger partial charge in [-0.05, 0) is 30.7 Å². The lowest BCUT2D eigenvalue weighted by molar-refractivity contribution is -0.131. The molecule has 1 aliphatic rings.